The largest absolute Gasteiger partial charge is 0.493 e. The summed E-state index contributed by atoms with van der Waals surface area (Å²) in [4.78, 5) is 31.0. The molecule has 2 saturated heterocycles. The number of aryl methyl sites for hydroxylation is 1. The van der Waals surface area contributed by atoms with Crippen molar-refractivity contribution in [2.75, 3.05) is 54.1 Å². The minimum absolute atomic E-state index is 0.112. The van der Waals surface area contributed by atoms with Crippen molar-refractivity contribution < 1.29 is 23.8 Å². The van der Waals surface area contributed by atoms with Gasteiger partial charge < -0.3 is 29.7 Å². The molecule has 0 spiro atoms. The Kier molecular flexibility index (Phi) is 9.87. The van der Waals surface area contributed by atoms with E-state index in [1.807, 2.05) is 54.3 Å². The molecular weight excluding hydrogens is 613 g/mol. The Morgan fingerprint density at radius 2 is 1.44 bits per heavy atom. The van der Waals surface area contributed by atoms with Gasteiger partial charge >= 0.3 is 0 Å². The number of benzene rings is 3. The summed E-state index contributed by atoms with van der Waals surface area (Å²) in [7, 11) is 4.60. The first-order chi connectivity index (χ1) is 21.6. The number of ether oxygens (including phenoxy) is 3. The number of amides is 2. The molecule has 0 aliphatic carbocycles. The maximum absolute atomic E-state index is 13.9. The van der Waals surface area contributed by atoms with Crippen molar-refractivity contribution >= 4 is 35.0 Å². The molecule has 8 nitrogen and oxygen atoms in total. The highest BCUT2D eigenvalue weighted by Gasteiger charge is 2.44. The van der Waals surface area contributed by atoms with E-state index in [9.17, 15) is 9.59 Å². The fourth-order valence-electron chi connectivity index (χ4n) is 6.92. The fourth-order valence-corrected chi connectivity index (χ4v) is 7.22. The summed E-state index contributed by atoms with van der Waals surface area (Å²) in [6, 6.07) is 17.3. The molecule has 0 unspecified atom stereocenters. The van der Waals surface area contributed by atoms with Gasteiger partial charge in [-0.05, 0) is 87.6 Å². The van der Waals surface area contributed by atoms with Gasteiger partial charge in [-0.25, -0.2) is 0 Å². The molecule has 0 bridgehead atoms. The topological polar surface area (TPSA) is 94.3 Å². The molecule has 1 atom stereocenters. The fraction of sp³-hybridized carbons (Fsp3) is 0.429. The summed E-state index contributed by atoms with van der Waals surface area (Å²) >= 11 is 12.8. The molecule has 2 amide bonds. The molecule has 2 aliphatic rings. The lowest BCUT2D eigenvalue weighted by Gasteiger charge is -2.41. The van der Waals surface area contributed by atoms with Crippen LogP contribution in [0.2, 0.25) is 10.0 Å². The first kappa shape index (κ1) is 32.9. The van der Waals surface area contributed by atoms with E-state index in [0.29, 0.717) is 58.8 Å². The number of methoxy groups -OCH3 is 3. The highest BCUT2D eigenvalue weighted by molar-refractivity contribution is 6.42. The lowest BCUT2D eigenvalue weighted by molar-refractivity contribution is -0.125. The van der Waals surface area contributed by atoms with Gasteiger partial charge in [-0.3, -0.25) is 9.59 Å². The van der Waals surface area contributed by atoms with E-state index in [1.165, 1.54) is 21.3 Å². The normalized spacial score (nSPS) is 19.7. The number of nitrogens with two attached hydrogens (primary N) is 1. The molecule has 3 aromatic rings. The number of hydrogen-bond acceptors (Lipinski definition) is 6. The molecule has 0 aromatic heterocycles. The van der Waals surface area contributed by atoms with E-state index >= 15 is 0 Å². The van der Waals surface area contributed by atoms with Gasteiger partial charge in [-0.2, -0.15) is 0 Å². The summed E-state index contributed by atoms with van der Waals surface area (Å²) in [5.74, 6) is 0.914. The smallest absolute Gasteiger partial charge is 0.254 e. The minimum Gasteiger partial charge on any atom is -0.493 e. The summed E-state index contributed by atoms with van der Waals surface area (Å²) in [6.45, 7) is 5.44. The van der Waals surface area contributed by atoms with Crippen LogP contribution in [-0.4, -0.2) is 75.7 Å². The summed E-state index contributed by atoms with van der Waals surface area (Å²) in [5.41, 5.74) is 8.68. The zero-order valence-corrected chi connectivity index (χ0v) is 27.8. The molecule has 2 N–H and O–H groups in total. The molecule has 2 aliphatic heterocycles. The van der Waals surface area contributed by atoms with Crippen molar-refractivity contribution in [2.45, 2.75) is 43.4 Å². The van der Waals surface area contributed by atoms with Gasteiger partial charge in [0, 0.05) is 24.1 Å². The average molecular weight is 655 g/mol. The van der Waals surface area contributed by atoms with E-state index in [4.69, 9.17) is 43.1 Å². The number of nitrogens with zero attached hydrogens (tertiary/aromatic N) is 2. The van der Waals surface area contributed by atoms with Crippen molar-refractivity contribution in [2.24, 2.45) is 5.73 Å². The van der Waals surface area contributed by atoms with Crippen LogP contribution in [0.25, 0.3) is 0 Å². The maximum atomic E-state index is 13.9. The van der Waals surface area contributed by atoms with Gasteiger partial charge in [0.05, 0.1) is 36.8 Å². The average Bonchev–Trinajstić information content (AvgIpc) is 3.50. The predicted molar refractivity (Wildman–Crippen MR) is 177 cm³/mol. The number of piperidine rings is 1. The third-order valence-electron chi connectivity index (χ3n) is 9.78. The van der Waals surface area contributed by atoms with Gasteiger partial charge in [-0.1, -0.05) is 59.1 Å². The Morgan fingerprint density at radius 1 is 0.822 bits per heavy atom. The third kappa shape index (κ3) is 6.46. The van der Waals surface area contributed by atoms with E-state index in [0.717, 1.165) is 49.2 Å². The maximum Gasteiger partial charge on any atom is 0.254 e. The lowest BCUT2D eigenvalue weighted by atomic mass is 9.71. The van der Waals surface area contributed by atoms with Crippen LogP contribution in [0.4, 0.5) is 0 Å². The second kappa shape index (κ2) is 13.5. The molecular formula is C35H41Cl2N3O5. The van der Waals surface area contributed by atoms with Gasteiger partial charge in [0.25, 0.3) is 5.91 Å². The second-order valence-corrected chi connectivity index (χ2v) is 13.0. The van der Waals surface area contributed by atoms with E-state index in [2.05, 4.69) is 4.90 Å². The first-order valence-corrected chi connectivity index (χ1v) is 16.0. The van der Waals surface area contributed by atoms with E-state index < -0.39 is 5.41 Å². The standard InChI is InChI=1S/C35H41Cl2N3O5/c1-23-5-7-25(8-6-23)35(33(38)42)13-16-39(17-14-35)15-11-34(26-9-10-27(36)28(37)21-26)12-18-40(22-34)32(41)24-19-29(43-2)31(45-4)30(20-24)44-3/h5-10,19-21H,11-18,22H2,1-4H3,(H2,38,42)/t34-/m0/s1. The Morgan fingerprint density at radius 3 is 2.00 bits per heavy atom. The molecule has 3 aromatic carbocycles. The van der Waals surface area contributed by atoms with Crippen molar-refractivity contribution in [3.05, 3.63) is 86.9 Å². The Labute approximate surface area is 275 Å². The highest BCUT2D eigenvalue weighted by atomic mass is 35.5. The van der Waals surface area contributed by atoms with Gasteiger partial charge in [0.2, 0.25) is 11.7 Å². The number of carbonyl (C=O) groups excluding carboxylic acids is 2. The zero-order chi connectivity index (χ0) is 32.4. The first-order valence-electron chi connectivity index (χ1n) is 15.2. The molecule has 2 fully saturated rings. The molecule has 5 rings (SSSR count). The molecule has 45 heavy (non-hydrogen) atoms. The number of primary amides is 1. The number of rotatable bonds is 10. The SMILES string of the molecule is COc1cc(C(=O)N2CC[C@](CCN3CCC(C(N)=O)(c4ccc(C)cc4)CC3)(c3ccc(Cl)c(Cl)c3)C2)cc(OC)c1OC. The Hall–Kier alpha value is -3.46. The second-order valence-electron chi connectivity index (χ2n) is 12.2. The summed E-state index contributed by atoms with van der Waals surface area (Å²) in [5, 5.41) is 0.985. The van der Waals surface area contributed by atoms with Crippen molar-refractivity contribution in [1.82, 2.24) is 9.80 Å². The van der Waals surface area contributed by atoms with Gasteiger partial charge in [0.1, 0.15) is 0 Å². The van der Waals surface area contributed by atoms with Crippen molar-refractivity contribution in [3.63, 3.8) is 0 Å². The van der Waals surface area contributed by atoms with Crippen LogP contribution < -0.4 is 19.9 Å². The highest BCUT2D eigenvalue weighted by Crippen LogP contribution is 2.43. The lowest BCUT2D eigenvalue weighted by Crippen LogP contribution is -2.50. The molecule has 240 valence electrons. The van der Waals surface area contributed by atoms with Crippen molar-refractivity contribution in [1.29, 1.82) is 0 Å². The minimum atomic E-state index is -0.664. The quantitative estimate of drug-likeness (QED) is 0.288. The van der Waals surface area contributed by atoms with Gasteiger partial charge in [-0.15, -0.1) is 0 Å². The van der Waals surface area contributed by atoms with Crippen LogP contribution in [0.5, 0.6) is 17.2 Å². The summed E-state index contributed by atoms with van der Waals surface area (Å²) < 4.78 is 16.4. The Bertz CT molecular complexity index is 1530. The van der Waals surface area contributed by atoms with Crippen LogP contribution >= 0.6 is 23.2 Å². The number of halogens is 2. The van der Waals surface area contributed by atoms with Crippen LogP contribution in [0.3, 0.4) is 0 Å². The zero-order valence-electron chi connectivity index (χ0n) is 26.3. The number of hydrogen-bond donors (Lipinski definition) is 1. The molecule has 2 heterocycles. The number of carbonyl (C=O) groups is 2. The molecule has 0 saturated carbocycles. The summed E-state index contributed by atoms with van der Waals surface area (Å²) in [6.07, 6.45) is 2.90. The van der Waals surface area contributed by atoms with Crippen LogP contribution in [-0.2, 0) is 15.6 Å². The van der Waals surface area contributed by atoms with Gasteiger partial charge in [0.15, 0.2) is 11.5 Å². The van der Waals surface area contributed by atoms with Crippen molar-refractivity contribution in [3.8, 4) is 17.2 Å². The van der Waals surface area contributed by atoms with Crippen LogP contribution in [0.15, 0.2) is 54.6 Å². The van der Waals surface area contributed by atoms with Crippen LogP contribution in [0, 0.1) is 6.92 Å². The monoisotopic (exact) mass is 653 g/mol. The molecule has 0 radical (unpaired) electrons. The molecule has 10 heteroatoms. The Balaban J connectivity index is 1.36. The van der Waals surface area contributed by atoms with E-state index in [1.54, 1.807) is 12.1 Å². The third-order valence-corrected chi connectivity index (χ3v) is 10.5. The predicted octanol–water partition coefficient (Wildman–Crippen LogP) is 6.02. The van der Waals surface area contributed by atoms with E-state index in [-0.39, 0.29) is 17.2 Å². The van der Waals surface area contributed by atoms with Crippen LogP contribution in [0.1, 0.15) is 52.7 Å². The number of likely N-dealkylation sites (tertiary alicyclic amines) is 2.